The molecule has 35 heavy (non-hydrogen) atoms. The third-order valence-electron chi connectivity index (χ3n) is 5.64. The highest BCUT2D eigenvalue weighted by Gasteiger charge is 2.31. The van der Waals surface area contributed by atoms with Crippen LogP contribution >= 0.6 is 11.3 Å². The molecule has 0 spiro atoms. The lowest BCUT2D eigenvalue weighted by Crippen LogP contribution is -2.48. The van der Waals surface area contributed by atoms with Crippen LogP contribution in [0.3, 0.4) is 0 Å². The predicted molar refractivity (Wildman–Crippen MR) is 125 cm³/mol. The Bertz CT molecular complexity index is 1190. The van der Waals surface area contributed by atoms with Crippen LogP contribution in [-0.4, -0.2) is 47.9 Å². The fourth-order valence-corrected chi connectivity index (χ4v) is 4.48. The van der Waals surface area contributed by atoms with E-state index in [1.165, 1.54) is 41.7 Å². The molecule has 1 aliphatic rings. The predicted octanol–water partition coefficient (Wildman–Crippen LogP) is 4.83. The first-order chi connectivity index (χ1) is 16.7. The number of hydrogen-bond acceptors (Lipinski definition) is 5. The van der Waals surface area contributed by atoms with Crippen molar-refractivity contribution in [2.75, 3.05) is 36.4 Å². The smallest absolute Gasteiger partial charge is 0.368 e. The van der Waals surface area contributed by atoms with E-state index < -0.39 is 23.5 Å². The van der Waals surface area contributed by atoms with Crippen molar-refractivity contribution in [3.8, 4) is 0 Å². The van der Waals surface area contributed by atoms with Crippen LogP contribution in [0.1, 0.15) is 28.0 Å². The molecular weight excluding hydrogens is 484 g/mol. The molecule has 1 saturated heterocycles. The second-order valence-electron chi connectivity index (χ2n) is 8.02. The van der Waals surface area contributed by atoms with Crippen molar-refractivity contribution in [3.63, 3.8) is 0 Å². The summed E-state index contributed by atoms with van der Waals surface area (Å²) in [5.41, 5.74) is 0.776. The molecule has 2 amide bonds. The zero-order chi connectivity index (χ0) is 25.0. The van der Waals surface area contributed by atoms with Crippen LogP contribution in [0.5, 0.6) is 0 Å². The summed E-state index contributed by atoms with van der Waals surface area (Å²) >= 11 is 1.23. The molecule has 3 aromatic rings. The third-order valence-corrected chi connectivity index (χ3v) is 6.45. The van der Waals surface area contributed by atoms with E-state index in [-0.39, 0.29) is 12.3 Å². The first kappa shape index (κ1) is 24.6. The van der Waals surface area contributed by atoms with Crippen molar-refractivity contribution in [1.29, 1.82) is 0 Å². The largest absolute Gasteiger partial charge is 0.416 e. The molecule has 1 fully saturated rings. The van der Waals surface area contributed by atoms with Gasteiger partial charge in [0.2, 0.25) is 5.91 Å². The molecule has 0 bridgehead atoms. The molecule has 2 heterocycles. The summed E-state index contributed by atoms with van der Waals surface area (Å²) in [6.45, 7) is 1.74. The Kier molecular flexibility index (Phi) is 7.34. The SMILES string of the molecule is O=C(Nc1nc(CCC(=O)N2CCN(c3cccc(C(F)(F)F)c3)CC2)cs1)c1ccc(F)cc1. The molecule has 6 nitrogen and oxygen atoms in total. The summed E-state index contributed by atoms with van der Waals surface area (Å²) in [5.74, 6) is -0.890. The summed E-state index contributed by atoms with van der Waals surface area (Å²) in [6, 6.07) is 10.4. The van der Waals surface area contributed by atoms with Crippen LogP contribution in [0.15, 0.2) is 53.9 Å². The number of amides is 2. The number of piperazine rings is 1. The van der Waals surface area contributed by atoms with Gasteiger partial charge in [0.25, 0.3) is 5.91 Å². The van der Waals surface area contributed by atoms with Gasteiger partial charge in [-0.2, -0.15) is 13.2 Å². The number of anilines is 2. The van der Waals surface area contributed by atoms with Crippen LogP contribution in [-0.2, 0) is 17.4 Å². The summed E-state index contributed by atoms with van der Waals surface area (Å²) in [5, 5.41) is 4.81. The molecule has 184 valence electrons. The Balaban J connectivity index is 1.25. The number of nitrogens with zero attached hydrogens (tertiary/aromatic N) is 3. The summed E-state index contributed by atoms with van der Waals surface area (Å²) < 4.78 is 51.9. The number of thiazole rings is 1. The molecule has 0 atom stereocenters. The molecule has 11 heteroatoms. The van der Waals surface area contributed by atoms with Gasteiger partial charge < -0.3 is 9.80 Å². The van der Waals surface area contributed by atoms with Gasteiger partial charge in [-0.3, -0.25) is 14.9 Å². The van der Waals surface area contributed by atoms with E-state index in [2.05, 4.69) is 10.3 Å². The van der Waals surface area contributed by atoms with E-state index in [9.17, 15) is 27.2 Å². The third kappa shape index (κ3) is 6.36. The van der Waals surface area contributed by atoms with Crippen LogP contribution < -0.4 is 10.2 Å². The maximum atomic E-state index is 13.0. The molecule has 2 aromatic carbocycles. The van der Waals surface area contributed by atoms with Gasteiger partial charge in [0.1, 0.15) is 5.82 Å². The van der Waals surface area contributed by atoms with Crippen molar-refractivity contribution in [2.45, 2.75) is 19.0 Å². The molecule has 0 saturated carbocycles. The summed E-state index contributed by atoms with van der Waals surface area (Å²) in [7, 11) is 0. The first-order valence-electron chi connectivity index (χ1n) is 10.9. The number of benzene rings is 2. The maximum Gasteiger partial charge on any atom is 0.416 e. The van der Waals surface area contributed by atoms with Crippen molar-refractivity contribution < 1.29 is 27.2 Å². The number of carbonyl (C=O) groups is 2. The molecule has 0 unspecified atom stereocenters. The number of alkyl halides is 3. The topological polar surface area (TPSA) is 65.5 Å². The Hall–Kier alpha value is -3.47. The standard InChI is InChI=1S/C24H22F4N4O2S/c25-18-6-4-16(5-7-18)22(34)30-23-29-19(15-35-23)8-9-21(33)32-12-10-31(11-13-32)20-3-1-2-17(14-20)24(26,27)28/h1-7,14-15H,8-13H2,(H,29,30,34). The Labute approximate surface area is 203 Å². The normalized spacial score (nSPS) is 14.2. The van der Waals surface area contributed by atoms with Gasteiger partial charge in [0.15, 0.2) is 5.13 Å². The van der Waals surface area contributed by atoms with Gasteiger partial charge >= 0.3 is 6.18 Å². The Morgan fingerprint density at radius 2 is 1.74 bits per heavy atom. The summed E-state index contributed by atoms with van der Waals surface area (Å²) in [4.78, 5) is 32.7. The molecule has 0 radical (unpaired) electrons. The zero-order valence-electron chi connectivity index (χ0n) is 18.5. The second kappa shape index (κ2) is 10.4. The van der Waals surface area contributed by atoms with Gasteiger partial charge in [-0.05, 0) is 48.9 Å². The van der Waals surface area contributed by atoms with E-state index in [0.717, 1.165) is 12.1 Å². The lowest BCUT2D eigenvalue weighted by Gasteiger charge is -2.36. The minimum Gasteiger partial charge on any atom is -0.368 e. The number of halogens is 4. The van der Waals surface area contributed by atoms with E-state index in [1.807, 2.05) is 4.90 Å². The molecule has 0 aliphatic carbocycles. The zero-order valence-corrected chi connectivity index (χ0v) is 19.3. The van der Waals surface area contributed by atoms with E-state index in [4.69, 9.17) is 0 Å². The first-order valence-corrected chi connectivity index (χ1v) is 11.8. The lowest BCUT2D eigenvalue weighted by atomic mass is 10.1. The number of rotatable bonds is 6. The van der Waals surface area contributed by atoms with Gasteiger partial charge in [0.05, 0.1) is 11.3 Å². The molecule has 1 N–H and O–H groups in total. The Morgan fingerprint density at radius 3 is 2.43 bits per heavy atom. The average Bonchev–Trinajstić information content (AvgIpc) is 3.30. The quantitative estimate of drug-likeness (QED) is 0.487. The van der Waals surface area contributed by atoms with Crippen LogP contribution in [0, 0.1) is 5.82 Å². The molecule has 1 aliphatic heterocycles. The average molecular weight is 507 g/mol. The minimum atomic E-state index is -4.40. The van der Waals surface area contributed by atoms with E-state index in [1.54, 1.807) is 16.3 Å². The van der Waals surface area contributed by atoms with Crippen molar-refractivity contribution in [3.05, 3.63) is 76.5 Å². The van der Waals surface area contributed by atoms with Crippen molar-refractivity contribution >= 4 is 34.0 Å². The van der Waals surface area contributed by atoms with Gasteiger partial charge in [-0.15, -0.1) is 11.3 Å². The molecular formula is C24H22F4N4O2S. The highest BCUT2D eigenvalue weighted by molar-refractivity contribution is 7.14. The number of aryl methyl sites for hydroxylation is 1. The van der Waals surface area contributed by atoms with Crippen LogP contribution in [0.2, 0.25) is 0 Å². The monoisotopic (exact) mass is 506 g/mol. The highest BCUT2D eigenvalue weighted by atomic mass is 32.1. The summed E-state index contributed by atoms with van der Waals surface area (Å²) in [6.07, 6.45) is -3.76. The second-order valence-corrected chi connectivity index (χ2v) is 8.88. The van der Waals surface area contributed by atoms with Crippen LogP contribution in [0.25, 0.3) is 0 Å². The van der Waals surface area contributed by atoms with Crippen molar-refractivity contribution in [1.82, 2.24) is 9.88 Å². The fourth-order valence-electron chi connectivity index (χ4n) is 3.74. The number of hydrogen-bond donors (Lipinski definition) is 1. The van der Waals surface area contributed by atoms with Gasteiger partial charge in [0, 0.05) is 49.2 Å². The van der Waals surface area contributed by atoms with E-state index >= 15 is 0 Å². The van der Waals surface area contributed by atoms with Gasteiger partial charge in [-0.25, -0.2) is 9.37 Å². The number of carbonyl (C=O) groups excluding carboxylic acids is 2. The number of nitrogens with one attached hydrogen (secondary N) is 1. The van der Waals surface area contributed by atoms with Crippen molar-refractivity contribution in [2.24, 2.45) is 0 Å². The van der Waals surface area contributed by atoms with Crippen LogP contribution in [0.4, 0.5) is 28.4 Å². The fraction of sp³-hybridized carbons (Fsp3) is 0.292. The molecule has 1 aromatic heterocycles. The maximum absolute atomic E-state index is 13.0. The minimum absolute atomic E-state index is 0.0569. The van der Waals surface area contributed by atoms with E-state index in [0.29, 0.717) is 54.7 Å². The van der Waals surface area contributed by atoms with Gasteiger partial charge in [-0.1, -0.05) is 6.07 Å². The Morgan fingerprint density at radius 1 is 1.03 bits per heavy atom. The lowest BCUT2D eigenvalue weighted by molar-refractivity contribution is -0.137. The molecule has 4 rings (SSSR count). The number of aromatic nitrogens is 1. The highest BCUT2D eigenvalue weighted by Crippen LogP contribution is 2.32.